The predicted molar refractivity (Wildman–Crippen MR) is 107 cm³/mol. The highest BCUT2D eigenvalue weighted by Gasteiger charge is 2.16. The van der Waals surface area contributed by atoms with Crippen LogP contribution in [-0.2, 0) is 6.54 Å². The summed E-state index contributed by atoms with van der Waals surface area (Å²) in [6, 6.07) is 13.7. The number of nitrogens with zero attached hydrogens (tertiary/aromatic N) is 2. The molecule has 0 aliphatic carbocycles. The number of amides is 1. The third kappa shape index (κ3) is 4.22. The first-order chi connectivity index (χ1) is 14.0. The Morgan fingerprint density at radius 2 is 1.72 bits per heavy atom. The van der Waals surface area contributed by atoms with E-state index in [1.165, 1.54) is 35.6 Å². The number of aryl methyl sites for hydroxylation is 1. The second-order valence-electron chi connectivity index (χ2n) is 6.42. The van der Waals surface area contributed by atoms with Crippen molar-refractivity contribution in [2.24, 2.45) is 0 Å². The van der Waals surface area contributed by atoms with Gasteiger partial charge in [0.25, 0.3) is 5.91 Å². The molecule has 2 heterocycles. The Labute approximate surface area is 169 Å². The molecule has 0 fully saturated rings. The van der Waals surface area contributed by atoms with Crippen LogP contribution in [0.15, 0.2) is 54.6 Å². The molecule has 0 unspecified atom stereocenters. The molecule has 2 aromatic carbocycles. The maximum atomic E-state index is 13.1. The highest BCUT2D eigenvalue weighted by Crippen LogP contribution is 2.34. The zero-order valence-corrected chi connectivity index (χ0v) is 16.2. The van der Waals surface area contributed by atoms with Gasteiger partial charge in [-0.2, -0.15) is 5.10 Å². The Morgan fingerprint density at radius 3 is 2.41 bits per heavy atom. The van der Waals surface area contributed by atoms with Crippen LogP contribution in [0.25, 0.3) is 21.1 Å². The lowest BCUT2D eigenvalue weighted by Gasteiger charge is -2.03. The van der Waals surface area contributed by atoms with E-state index in [0.29, 0.717) is 5.69 Å². The van der Waals surface area contributed by atoms with Crippen molar-refractivity contribution < 1.29 is 13.6 Å². The zero-order chi connectivity index (χ0) is 20.4. The van der Waals surface area contributed by atoms with Gasteiger partial charge in [0.15, 0.2) is 5.69 Å². The van der Waals surface area contributed by atoms with Crippen LogP contribution in [0.4, 0.5) is 8.78 Å². The minimum Gasteiger partial charge on any atom is -0.347 e. The number of aromatic nitrogens is 3. The third-order valence-corrected chi connectivity index (χ3v) is 5.55. The quantitative estimate of drug-likeness (QED) is 0.500. The Hall–Kier alpha value is -3.39. The molecule has 146 valence electrons. The molecule has 0 aliphatic heterocycles. The molecular weight excluding hydrogens is 394 g/mol. The lowest BCUT2D eigenvalue weighted by atomic mass is 10.2. The normalized spacial score (nSPS) is 10.9. The summed E-state index contributed by atoms with van der Waals surface area (Å²) in [5.74, 6) is -0.957. The summed E-state index contributed by atoms with van der Waals surface area (Å²) >= 11 is 1.44. The molecule has 0 saturated carbocycles. The van der Waals surface area contributed by atoms with Crippen molar-refractivity contribution in [2.75, 3.05) is 0 Å². The fraction of sp³-hybridized carbons (Fsp3) is 0.0952. The summed E-state index contributed by atoms with van der Waals surface area (Å²) in [6.45, 7) is 2.14. The molecule has 0 aliphatic rings. The molecule has 0 atom stereocenters. The lowest BCUT2D eigenvalue weighted by Crippen LogP contribution is -2.23. The predicted octanol–water partition coefficient (Wildman–Crippen LogP) is 4.72. The summed E-state index contributed by atoms with van der Waals surface area (Å²) in [6.07, 6.45) is 0. The second kappa shape index (κ2) is 7.92. The van der Waals surface area contributed by atoms with Crippen molar-refractivity contribution in [3.8, 4) is 21.1 Å². The van der Waals surface area contributed by atoms with Crippen molar-refractivity contribution in [1.29, 1.82) is 0 Å². The lowest BCUT2D eigenvalue weighted by molar-refractivity contribution is 0.0946. The van der Waals surface area contributed by atoms with Crippen LogP contribution in [0.5, 0.6) is 0 Å². The summed E-state index contributed by atoms with van der Waals surface area (Å²) in [5.41, 5.74) is 3.33. The van der Waals surface area contributed by atoms with Crippen LogP contribution in [0.3, 0.4) is 0 Å². The molecule has 2 N–H and O–H groups in total. The maximum Gasteiger partial charge on any atom is 0.272 e. The van der Waals surface area contributed by atoms with Crippen LogP contribution < -0.4 is 5.32 Å². The standard InChI is InChI=1S/C21H16F2N4OS/c1-12-19(29-21(25-12)14-4-8-16(23)9-5-14)17-10-18(27-26-17)20(28)24-11-13-2-6-15(22)7-3-13/h2-10H,11H2,1H3,(H,24,28)(H,26,27). The van der Waals surface area contributed by atoms with Gasteiger partial charge in [-0.3, -0.25) is 9.89 Å². The number of benzene rings is 2. The van der Waals surface area contributed by atoms with Gasteiger partial charge in [0.2, 0.25) is 0 Å². The van der Waals surface area contributed by atoms with E-state index in [9.17, 15) is 13.6 Å². The summed E-state index contributed by atoms with van der Waals surface area (Å²) in [4.78, 5) is 17.8. The monoisotopic (exact) mass is 410 g/mol. The number of hydrogen-bond donors (Lipinski definition) is 2. The maximum absolute atomic E-state index is 13.1. The molecule has 0 spiro atoms. The molecule has 8 heteroatoms. The molecule has 0 saturated heterocycles. The zero-order valence-electron chi connectivity index (χ0n) is 15.4. The van der Waals surface area contributed by atoms with Crippen LogP contribution >= 0.6 is 11.3 Å². The Bertz CT molecular complexity index is 1150. The SMILES string of the molecule is Cc1nc(-c2ccc(F)cc2)sc1-c1cc(C(=O)NCc2ccc(F)cc2)n[nH]1. The number of nitrogens with one attached hydrogen (secondary N) is 2. The van der Waals surface area contributed by atoms with Gasteiger partial charge in [-0.1, -0.05) is 12.1 Å². The summed E-state index contributed by atoms with van der Waals surface area (Å²) in [5, 5.41) is 10.5. The number of H-pyrrole nitrogens is 1. The van der Waals surface area contributed by atoms with Gasteiger partial charge in [0.05, 0.1) is 16.3 Å². The van der Waals surface area contributed by atoms with Crippen LogP contribution in [0.1, 0.15) is 21.7 Å². The topological polar surface area (TPSA) is 70.7 Å². The van der Waals surface area contributed by atoms with Gasteiger partial charge < -0.3 is 5.32 Å². The Kier molecular flexibility index (Phi) is 5.18. The van der Waals surface area contributed by atoms with Crippen LogP contribution in [0, 0.1) is 18.6 Å². The average molecular weight is 410 g/mol. The molecule has 4 rings (SSSR count). The Morgan fingerprint density at radius 1 is 1.07 bits per heavy atom. The van der Waals surface area contributed by atoms with E-state index >= 15 is 0 Å². The smallest absolute Gasteiger partial charge is 0.272 e. The fourth-order valence-corrected chi connectivity index (χ4v) is 3.83. The number of carbonyl (C=O) groups excluding carboxylic acids is 1. The molecule has 1 amide bonds. The molecular formula is C21H16F2N4OS. The number of thiazole rings is 1. The average Bonchev–Trinajstić information content (AvgIpc) is 3.35. The highest BCUT2D eigenvalue weighted by atomic mass is 32.1. The molecule has 0 bridgehead atoms. The van der Waals surface area contributed by atoms with E-state index in [0.717, 1.165) is 26.7 Å². The fourth-order valence-electron chi connectivity index (χ4n) is 2.79. The number of rotatable bonds is 5. The van der Waals surface area contributed by atoms with E-state index < -0.39 is 0 Å². The molecule has 4 aromatic rings. The van der Waals surface area contributed by atoms with E-state index in [1.54, 1.807) is 30.3 Å². The minimum absolute atomic E-state index is 0.248. The highest BCUT2D eigenvalue weighted by molar-refractivity contribution is 7.18. The molecule has 2 aromatic heterocycles. The van der Waals surface area contributed by atoms with Crippen molar-refractivity contribution in [3.63, 3.8) is 0 Å². The van der Waals surface area contributed by atoms with Gasteiger partial charge >= 0.3 is 0 Å². The van der Waals surface area contributed by atoms with Crippen molar-refractivity contribution >= 4 is 17.2 Å². The Balaban J connectivity index is 1.49. The first-order valence-corrected chi connectivity index (χ1v) is 9.63. The second-order valence-corrected chi connectivity index (χ2v) is 7.42. The van der Waals surface area contributed by atoms with Gasteiger partial charge in [-0.25, -0.2) is 13.8 Å². The largest absolute Gasteiger partial charge is 0.347 e. The van der Waals surface area contributed by atoms with Crippen LogP contribution in [0.2, 0.25) is 0 Å². The number of carbonyl (C=O) groups is 1. The van der Waals surface area contributed by atoms with E-state index in [-0.39, 0.29) is 29.8 Å². The van der Waals surface area contributed by atoms with Crippen molar-refractivity contribution in [3.05, 3.63) is 83.2 Å². The van der Waals surface area contributed by atoms with E-state index in [1.807, 2.05) is 6.92 Å². The number of halogens is 2. The summed E-state index contributed by atoms with van der Waals surface area (Å²) < 4.78 is 26.1. The molecule has 29 heavy (non-hydrogen) atoms. The number of hydrogen-bond acceptors (Lipinski definition) is 4. The third-order valence-electron chi connectivity index (χ3n) is 4.31. The number of aromatic amines is 1. The van der Waals surface area contributed by atoms with Crippen molar-refractivity contribution in [2.45, 2.75) is 13.5 Å². The van der Waals surface area contributed by atoms with Gasteiger partial charge in [0, 0.05) is 12.1 Å². The molecule has 0 radical (unpaired) electrons. The van der Waals surface area contributed by atoms with Gasteiger partial charge in [-0.15, -0.1) is 11.3 Å². The van der Waals surface area contributed by atoms with Gasteiger partial charge in [0.1, 0.15) is 16.6 Å². The summed E-state index contributed by atoms with van der Waals surface area (Å²) in [7, 11) is 0. The van der Waals surface area contributed by atoms with Gasteiger partial charge in [-0.05, 0) is 55.0 Å². The van der Waals surface area contributed by atoms with Crippen LogP contribution in [-0.4, -0.2) is 21.1 Å². The van der Waals surface area contributed by atoms with E-state index in [4.69, 9.17) is 0 Å². The first kappa shape index (κ1) is 18.9. The van der Waals surface area contributed by atoms with Crippen molar-refractivity contribution in [1.82, 2.24) is 20.5 Å². The van der Waals surface area contributed by atoms with E-state index in [2.05, 4.69) is 20.5 Å². The molecule has 5 nitrogen and oxygen atoms in total. The minimum atomic E-state index is -0.335. The first-order valence-electron chi connectivity index (χ1n) is 8.81.